The molecule has 0 aliphatic heterocycles. The number of anilines is 1. The van der Waals surface area contributed by atoms with Crippen molar-refractivity contribution in [1.82, 2.24) is 9.71 Å². The van der Waals surface area contributed by atoms with Gasteiger partial charge in [-0.05, 0) is 59.7 Å². The van der Waals surface area contributed by atoms with Gasteiger partial charge in [-0.1, -0.05) is 12.1 Å². The highest BCUT2D eigenvalue weighted by atomic mass is 79.9. The summed E-state index contributed by atoms with van der Waals surface area (Å²) in [5, 5.41) is 3.18. The maximum Gasteiger partial charge on any atom is 0.240 e. The van der Waals surface area contributed by atoms with Crippen molar-refractivity contribution >= 4 is 31.6 Å². The molecule has 2 N–H and O–H groups in total. The van der Waals surface area contributed by atoms with Gasteiger partial charge in [0.2, 0.25) is 10.0 Å². The minimum atomic E-state index is -3.45. The minimum Gasteiger partial charge on any atom is -0.379 e. The van der Waals surface area contributed by atoms with Gasteiger partial charge in [-0.3, -0.25) is 0 Å². The Balaban J connectivity index is 2.20. The third-order valence-corrected chi connectivity index (χ3v) is 4.99. The van der Waals surface area contributed by atoms with Crippen molar-refractivity contribution in [3.8, 4) is 0 Å². The van der Waals surface area contributed by atoms with Crippen molar-refractivity contribution in [1.29, 1.82) is 0 Å². The molecule has 1 aromatic heterocycles. The van der Waals surface area contributed by atoms with Crippen molar-refractivity contribution < 1.29 is 8.42 Å². The highest BCUT2D eigenvalue weighted by molar-refractivity contribution is 9.10. The lowest BCUT2D eigenvalue weighted by atomic mass is 10.2. The van der Waals surface area contributed by atoms with E-state index >= 15 is 0 Å². The zero-order valence-electron chi connectivity index (χ0n) is 11.7. The van der Waals surface area contributed by atoms with E-state index < -0.39 is 10.0 Å². The summed E-state index contributed by atoms with van der Waals surface area (Å²) in [5.41, 5.74) is 2.30. The molecule has 112 valence electrons. The Morgan fingerprint density at radius 1 is 1.24 bits per heavy atom. The summed E-state index contributed by atoms with van der Waals surface area (Å²) in [5.74, 6) is 0. The van der Waals surface area contributed by atoms with Gasteiger partial charge >= 0.3 is 0 Å². The Morgan fingerprint density at radius 3 is 2.67 bits per heavy atom. The maximum absolute atomic E-state index is 11.9. The molecule has 2 aromatic rings. The molecule has 7 heteroatoms. The minimum absolute atomic E-state index is 0.275. The van der Waals surface area contributed by atoms with Gasteiger partial charge in [-0.2, -0.15) is 0 Å². The highest BCUT2D eigenvalue weighted by Crippen LogP contribution is 2.20. The fraction of sp³-hybridized carbons (Fsp3) is 0.214. The summed E-state index contributed by atoms with van der Waals surface area (Å²) in [6, 6.07) is 10.9. The zero-order chi connectivity index (χ0) is 15.5. The lowest BCUT2D eigenvalue weighted by molar-refractivity contribution is 0.587. The van der Waals surface area contributed by atoms with Crippen molar-refractivity contribution in [2.75, 3.05) is 12.4 Å². The first kappa shape index (κ1) is 15.9. The number of nitrogens with one attached hydrogen (secondary N) is 2. The molecule has 0 spiro atoms. The fourth-order valence-corrected chi connectivity index (χ4v) is 3.23. The molecule has 0 fully saturated rings. The van der Waals surface area contributed by atoms with Gasteiger partial charge in [-0.25, -0.2) is 18.1 Å². The van der Waals surface area contributed by atoms with Crippen LogP contribution in [0.3, 0.4) is 0 Å². The standard InChI is InChI=1S/C14H16BrN3O2S/c1-10-6-7-11(8-13(10)21(19,20)16-2)17-9-12-4-3-5-14(15)18-12/h3-8,16-17H,9H2,1-2H3. The molecular weight excluding hydrogens is 354 g/mol. The Bertz CT molecular complexity index is 748. The van der Waals surface area contributed by atoms with Gasteiger partial charge in [0.1, 0.15) is 4.60 Å². The van der Waals surface area contributed by atoms with E-state index in [1.165, 1.54) is 7.05 Å². The SMILES string of the molecule is CNS(=O)(=O)c1cc(NCc2cccc(Br)n2)ccc1C. The van der Waals surface area contributed by atoms with Gasteiger partial charge in [-0.15, -0.1) is 0 Å². The summed E-state index contributed by atoms with van der Waals surface area (Å²) in [7, 11) is -2.05. The molecule has 5 nitrogen and oxygen atoms in total. The average molecular weight is 370 g/mol. The third kappa shape index (κ3) is 4.03. The van der Waals surface area contributed by atoms with Gasteiger partial charge in [0, 0.05) is 5.69 Å². The first-order valence-corrected chi connectivity index (χ1v) is 8.59. The van der Waals surface area contributed by atoms with Crippen molar-refractivity contribution in [3.05, 3.63) is 52.3 Å². The van der Waals surface area contributed by atoms with Crippen LogP contribution in [-0.4, -0.2) is 20.4 Å². The molecule has 0 aliphatic rings. The second-order valence-electron chi connectivity index (χ2n) is 4.49. The van der Waals surface area contributed by atoms with Crippen LogP contribution in [0.5, 0.6) is 0 Å². The molecule has 0 saturated carbocycles. The number of hydrogen-bond donors (Lipinski definition) is 2. The number of aryl methyl sites for hydroxylation is 1. The van der Waals surface area contributed by atoms with Crippen LogP contribution in [-0.2, 0) is 16.6 Å². The molecule has 1 aromatic carbocycles. The Labute approximate surface area is 133 Å². The van der Waals surface area contributed by atoms with E-state index in [0.29, 0.717) is 12.1 Å². The Morgan fingerprint density at radius 2 is 2.00 bits per heavy atom. The summed E-state index contributed by atoms with van der Waals surface area (Å²) in [6.45, 7) is 2.28. The molecule has 0 saturated heterocycles. The molecule has 0 radical (unpaired) electrons. The second kappa shape index (κ2) is 6.55. The second-order valence-corrected chi connectivity index (χ2v) is 7.16. The van der Waals surface area contributed by atoms with Gasteiger partial charge in [0.05, 0.1) is 17.1 Å². The van der Waals surface area contributed by atoms with E-state index in [0.717, 1.165) is 16.0 Å². The van der Waals surface area contributed by atoms with Crippen LogP contribution in [0.25, 0.3) is 0 Å². The summed E-state index contributed by atoms with van der Waals surface area (Å²) in [4.78, 5) is 4.59. The molecule has 0 unspecified atom stereocenters. The lowest BCUT2D eigenvalue weighted by Gasteiger charge is -2.11. The number of hydrogen-bond acceptors (Lipinski definition) is 4. The van der Waals surface area contributed by atoms with Crippen molar-refractivity contribution in [3.63, 3.8) is 0 Å². The van der Waals surface area contributed by atoms with E-state index in [1.54, 1.807) is 19.1 Å². The zero-order valence-corrected chi connectivity index (χ0v) is 14.1. The molecule has 21 heavy (non-hydrogen) atoms. The van der Waals surface area contributed by atoms with E-state index in [1.807, 2.05) is 24.3 Å². The lowest BCUT2D eigenvalue weighted by Crippen LogP contribution is -2.19. The van der Waals surface area contributed by atoms with Crippen LogP contribution in [0.15, 0.2) is 45.9 Å². The van der Waals surface area contributed by atoms with Crippen molar-refractivity contribution in [2.24, 2.45) is 0 Å². The molecular formula is C14H16BrN3O2S. The van der Waals surface area contributed by atoms with Crippen LogP contribution in [0.2, 0.25) is 0 Å². The predicted octanol–water partition coefficient (Wildman–Crippen LogP) is 2.67. The first-order valence-electron chi connectivity index (χ1n) is 6.32. The van der Waals surface area contributed by atoms with E-state index in [2.05, 4.69) is 31.0 Å². The fourth-order valence-electron chi connectivity index (χ4n) is 1.85. The third-order valence-electron chi connectivity index (χ3n) is 2.99. The van der Waals surface area contributed by atoms with Crippen LogP contribution >= 0.6 is 15.9 Å². The summed E-state index contributed by atoms with van der Waals surface area (Å²) < 4.78 is 27.0. The van der Waals surface area contributed by atoms with Gasteiger partial charge in [0.25, 0.3) is 0 Å². The molecule has 0 bridgehead atoms. The van der Waals surface area contributed by atoms with Gasteiger partial charge < -0.3 is 5.32 Å². The monoisotopic (exact) mass is 369 g/mol. The number of rotatable bonds is 5. The average Bonchev–Trinajstić information content (AvgIpc) is 2.46. The van der Waals surface area contributed by atoms with Crippen LogP contribution in [0.1, 0.15) is 11.3 Å². The Hall–Kier alpha value is -1.44. The quantitative estimate of drug-likeness (QED) is 0.794. The van der Waals surface area contributed by atoms with Crippen LogP contribution < -0.4 is 10.0 Å². The highest BCUT2D eigenvalue weighted by Gasteiger charge is 2.14. The van der Waals surface area contributed by atoms with E-state index in [9.17, 15) is 8.42 Å². The normalized spacial score (nSPS) is 11.4. The number of aromatic nitrogens is 1. The van der Waals surface area contributed by atoms with E-state index in [4.69, 9.17) is 0 Å². The van der Waals surface area contributed by atoms with Gasteiger partial charge in [0.15, 0.2) is 0 Å². The number of halogens is 1. The molecule has 0 atom stereocenters. The predicted molar refractivity (Wildman–Crippen MR) is 86.7 cm³/mol. The topological polar surface area (TPSA) is 71.1 Å². The largest absolute Gasteiger partial charge is 0.379 e. The van der Waals surface area contributed by atoms with Crippen LogP contribution in [0, 0.1) is 6.92 Å². The molecule has 1 heterocycles. The first-order chi connectivity index (χ1) is 9.92. The summed E-state index contributed by atoms with van der Waals surface area (Å²) >= 11 is 3.32. The Kier molecular flexibility index (Phi) is 4.97. The maximum atomic E-state index is 11.9. The summed E-state index contributed by atoms with van der Waals surface area (Å²) in [6.07, 6.45) is 0. The molecule has 0 aliphatic carbocycles. The number of pyridine rings is 1. The van der Waals surface area contributed by atoms with Crippen LogP contribution in [0.4, 0.5) is 5.69 Å². The number of sulfonamides is 1. The number of nitrogens with zero attached hydrogens (tertiary/aromatic N) is 1. The van der Waals surface area contributed by atoms with Crippen molar-refractivity contribution in [2.45, 2.75) is 18.4 Å². The molecule has 2 rings (SSSR count). The molecule has 0 amide bonds. The smallest absolute Gasteiger partial charge is 0.240 e. The number of benzene rings is 1. The van der Waals surface area contributed by atoms with E-state index in [-0.39, 0.29) is 4.90 Å².